The molecular formula is C23H25N3O. The Hall–Kier alpha value is -3.11. The summed E-state index contributed by atoms with van der Waals surface area (Å²) in [5.41, 5.74) is 3.97. The first-order valence-corrected chi connectivity index (χ1v) is 9.23. The summed E-state index contributed by atoms with van der Waals surface area (Å²) in [6.07, 6.45) is 2.40. The van der Waals surface area contributed by atoms with Crippen molar-refractivity contribution in [2.24, 2.45) is 0 Å². The van der Waals surface area contributed by atoms with Crippen LogP contribution in [0.15, 0.2) is 89.7 Å². The van der Waals surface area contributed by atoms with Crippen molar-refractivity contribution in [1.82, 2.24) is 14.9 Å². The molecule has 0 radical (unpaired) electrons. The number of aryl methyl sites for hydroxylation is 1. The van der Waals surface area contributed by atoms with Crippen LogP contribution in [0.5, 0.6) is 0 Å². The molecular weight excluding hydrogens is 334 g/mol. The monoisotopic (exact) mass is 359 g/mol. The molecule has 4 heteroatoms. The lowest BCUT2D eigenvalue weighted by Crippen LogP contribution is -2.14. The quantitative estimate of drug-likeness (QED) is 0.526. The minimum atomic E-state index is -0.104. The molecule has 0 unspecified atom stereocenters. The van der Waals surface area contributed by atoms with Gasteiger partial charge >= 0.3 is 5.69 Å². The van der Waals surface area contributed by atoms with Crippen LogP contribution in [-0.4, -0.2) is 23.1 Å². The summed E-state index contributed by atoms with van der Waals surface area (Å²) < 4.78 is 1.68. The van der Waals surface area contributed by atoms with Gasteiger partial charge in [0.05, 0.1) is 16.7 Å². The summed E-state index contributed by atoms with van der Waals surface area (Å²) in [7, 11) is 1.99. The lowest BCUT2D eigenvalue weighted by Gasteiger charge is -2.01. The Morgan fingerprint density at radius 3 is 2.19 bits per heavy atom. The van der Waals surface area contributed by atoms with Gasteiger partial charge in [0.15, 0.2) is 0 Å². The third kappa shape index (κ3) is 4.96. The molecule has 0 aliphatic carbocycles. The van der Waals surface area contributed by atoms with E-state index in [1.807, 2.05) is 61.6 Å². The topological polar surface area (TPSA) is 49.8 Å². The highest BCUT2D eigenvalue weighted by atomic mass is 16.1. The van der Waals surface area contributed by atoms with Crippen molar-refractivity contribution in [3.63, 3.8) is 0 Å². The van der Waals surface area contributed by atoms with Crippen molar-refractivity contribution in [1.29, 1.82) is 0 Å². The minimum Gasteiger partial charge on any atom is -0.320 e. The molecule has 27 heavy (non-hydrogen) atoms. The summed E-state index contributed by atoms with van der Waals surface area (Å²) in [6, 6.07) is 27.9. The maximum absolute atomic E-state index is 11.8. The average Bonchev–Trinajstić information content (AvgIpc) is 3.06. The first-order valence-electron chi connectivity index (χ1n) is 9.23. The Kier molecular flexibility index (Phi) is 6.61. The van der Waals surface area contributed by atoms with Crippen LogP contribution >= 0.6 is 0 Å². The number of hydrogen-bond acceptors (Lipinski definition) is 2. The summed E-state index contributed by atoms with van der Waals surface area (Å²) in [5.74, 6) is 0. The largest absolute Gasteiger partial charge is 0.331 e. The van der Waals surface area contributed by atoms with Crippen molar-refractivity contribution < 1.29 is 0 Å². The van der Waals surface area contributed by atoms with Gasteiger partial charge in [-0.05, 0) is 56.3 Å². The van der Waals surface area contributed by atoms with Crippen LogP contribution in [0.4, 0.5) is 0 Å². The number of aromatic amines is 1. The minimum absolute atomic E-state index is 0.104. The Morgan fingerprint density at radius 1 is 0.852 bits per heavy atom. The predicted octanol–water partition coefficient (Wildman–Crippen LogP) is 4.16. The van der Waals surface area contributed by atoms with Crippen molar-refractivity contribution in [3.8, 4) is 5.69 Å². The van der Waals surface area contributed by atoms with E-state index >= 15 is 0 Å². The van der Waals surface area contributed by atoms with Gasteiger partial charge in [0.1, 0.15) is 0 Å². The van der Waals surface area contributed by atoms with E-state index in [2.05, 4.69) is 40.6 Å². The lowest BCUT2D eigenvalue weighted by atomic mass is 10.1. The van der Waals surface area contributed by atoms with Gasteiger partial charge < -0.3 is 10.3 Å². The predicted molar refractivity (Wildman–Crippen MR) is 113 cm³/mol. The molecule has 1 aromatic heterocycles. The van der Waals surface area contributed by atoms with Crippen molar-refractivity contribution in [2.75, 3.05) is 13.6 Å². The van der Waals surface area contributed by atoms with E-state index in [-0.39, 0.29) is 5.69 Å². The number of para-hydroxylation sites is 3. The second kappa shape index (κ2) is 9.55. The van der Waals surface area contributed by atoms with Crippen molar-refractivity contribution in [3.05, 3.63) is 101 Å². The van der Waals surface area contributed by atoms with Gasteiger partial charge in [-0.2, -0.15) is 0 Å². The fraction of sp³-hybridized carbons (Fsp3) is 0.174. The van der Waals surface area contributed by atoms with E-state index in [0.717, 1.165) is 23.3 Å². The standard InChI is InChI=1S/C13H10N2O.C10H15N/c16-13-14-11-8-4-5-9-12(11)15(13)10-6-2-1-3-7-10;1-11-9-5-8-10-6-3-2-4-7-10/h1-9H,(H,14,16);2-4,6-7,11H,5,8-9H2,1H3. The maximum Gasteiger partial charge on any atom is 0.331 e. The summed E-state index contributed by atoms with van der Waals surface area (Å²) >= 11 is 0. The highest BCUT2D eigenvalue weighted by Gasteiger charge is 2.06. The second-order valence-electron chi connectivity index (χ2n) is 6.31. The number of fused-ring (bicyclic) bond motifs is 1. The molecule has 0 spiro atoms. The molecule has 0 aliphatic heterocycles. The zero-order chi connectivity index (χ0) is 18.9. The van der Waals surface area contributed by atoms with Gasteiger partial charge in [0.25, 0.3) is 0 Å². The third-order valence-electron chi connectivity index (χ3n) is 4.34. The zero-order valence-corrected chi connectivity index (χ0v) is 15.6. The number of hydrogen-bond donors (Lipinski definition) is 2. The van der Waals surface area contributed by atoms with Gasteiger partial charge in [-0.15, -0.1) is 0 Å². The zero-order valence-electron chi connectivity index (χ0n) is 15.6. The SMILES string of the molecule is CNCCCc1ccccc1.O=c1[nH]c2ccccc2n1-c1ccccc1. The molecule has 0 saturated carbocycles. The normalized spacial score (nSPS) is 10.4. The maximum atomic E-state index is 11.8. The fourth-order valence-electron chi connectivity index (χ4n) is 3.00. The Balaban J connectivity index is 0.000000168. The van der Waals surface area contributed by atoms with E-state index < -0.39 is 0 Å². The van der Waals surface area contributed by atoms with E-state index in [0.29, 0.717) is 0 Å². The van der Waals surface area contributed by atoms with E-state index in [9.17, 15) is 4.79 Å². The number of benzene rings is 3. The number of aromatic nitrogens is 2. The molecule has 0 fully saturated rings. The average molecular weight is 359 g/mol. The molecule has 4 rings (SSSR count). The number of H-pyrrole nitrogens is 1. The number of imidazole rings is 1. The van der Waals surface area contributed by atoms with Gasteiger partial charge in [-0.25, -0.2) is 4.79 Å². The van der Waals surface area contributed by atoms with Gasteiger partial charge in [0.2, 0.25) is 0 Å². The molecule has 0 amide bonds. The molecule has 2 N–H and O–H groups in total. The Morgan fingerprint density at radius 2 is 1.48 bits per heavy atom. The van der Waals surface area contributed by atoms with Crippen LogP contribution < -0.4 is 11.0 Å². The first-order chi connectivity index (χ1) is 13.3. The van der Waals surface area contributed by atoms with Crippen LogP contribution in [-0.2, 0) is 6.42 Å². The van der Waals surface area contributed by atoms with E-state index in [4.69, 9.17) is 0 Å². The first kappa shape index (κ1) is 18.7. The molecule has 1 heterocycles. The molecule has 4 nitrogen and oxygen atoms in total. The van der Waals surface area contributed by atoms with Crippen LogP contribution in [0, 0.1) is 0 Å². The Bertz CT molecular complexity index is 1000. The highest BCUT2D eigenvalue weighted by molar-refractivity contribution is 5.77. The van der Waals surface area contributed by atoms with Gasteiger partial charge in [-0.3, -0.25) is 4.57 Å². The molecule has 138 valence electrons. The van der Waals surface area contributed by atoms with Crippen LogP contribution in [0.2, 0.25) is 0 Å². The van der Waals surface area contributed by atoms with Crippen molar-refractivity contribution in [2.45, 2.75) is 12.8 Å². The number of nitrogens with zero attached hydrogens (tertiary/aromatic N) is 1. The fourth-order valence-corrected chi connectivity index (χ4v) is 3.00. The third-order valence-corrected chi connectivity index (χ3v) is 4.34. The summed E-state index contributed by atoms with van der Waals surface area (Å²) in [6.45, 7) is 1.11. The molecule has 4 aromatic rings. The number of nitrogens with one attached hydrogen (secondary N) is 2. The molecule has 0 bridgehead atoms. The highest BCUT2D eigenvalue weighted by Crippen LogP contribution is 2.14. The van der Waals surface area contributed by atoms with Crippen LogP contribution in [0.25, 0.3) is 16.7 Å². The van der Waals surface area contributed by atoms with Gasteiger partial charge in [-0.1, -0.05) is 60.7 Å². The lowest BCUT2D eigenvalue weighted by molar-refractivity contribution is 0.725. The number of rotatable bonds is 5. The van der Waals surface area contributed by atoms with Crippen molar-refractivity contribution >= 4 is 11.0 Å². The van der Waals surface area contributed by atoms with Crippen LogP contribution in [0.3, 0.4) is 0 Å². The smallest absolute Gasteiger partial charge is 0.320 e. The summed E-state index contributed by atoms with van der Waals surface area (Å²) in [4.78, 5) is 14.7. The molecule has 0 atom stereocenters. The van der Waals surface area contributed by atoms with Gasteiger partial charge in [0, 0.05) is 0 Å². The second-order valence-corrected chi connectivity index (χ2v) is 6.31. The molecule has 0 aliphatic rings. The molecule has 3 aromatic carbocycles. The van der Waals surface area contributed by atoms with Crippen LogP contribution in [0.1, 0.15) is 12.0 Å². The van der Waals surface area contributed by atoms with E-state index in [1.165, 1.54) is 18.4 Å². The Labute approximate surface area is 159 Å². The summed E-state index contributed by atoms with van der Waals surface area (Å²) in [5, 5.41) is 3.14. The molecule has 0 saturated heterocycles. The van der Waals surface area contributed by atoms with E-state index in [1.54, 1.807) is 4.57 Å².